The summed E-state index contributed by atoms with van der Waals surface area (Å²) in [5, 5.41) is 10.4. The van der Waals surface area contributed by atoms with Crippen molar-refractivity contribution in [3.05, 3.63) is 22.7 Å². The predicted molar refractivity (Wildman–Crippen MR) is 73.1 cm³/mol. The molecule has 2 aromatic rings. The second-order valence-corrected chi connectivity index (χ2v) is 6.67. The molecule has 0 radical (unpaired) electrons. The Hall–Kier alpha value is -0.750. The third-order valence-electron chi connectivity index (χ3n) is 3.83. The minimum Gasteiger partial charge on any atom is -0.756 e. The van der Waals surface area contributed by atoms with Crippen LogP contribution in [-0.4, -0.2) is 44.6 Å². The number of rotatable bonds is 1. The number of aliphatic hydroxyl groups is 1. The number of pyridine rings is 1. The van der Waals surface area contributed by atoms with E-state index < -0.39 is 37.9 Å². The first-order chi connectivity index (χ1) is 10.9. The topological polar surface area (TPSA) is 165 Å². The molecule has 0 spiro atoms. The van der Waals surface area contributed by atoms with Crippen molar-refractivity contribution in [1.82, 2.24) is 14.5 Å². The van der Waals surface area contributed by atoms with E-state index in [2.05, 4.69) is 14.5 Å². The van der Waals surface area contributed by atoms with Crippen molar-refractivity contribution >= 4 is 24.7 Å². The largest absolute Gasteiger partial charge is 1.00 e. The number of nitrogens with zero attached hydrogens (tertiary/aromatic N) is 2. The zero-order valence-corrected chi connectivity index (χ0v) is 15.4. The normalized spacial score (nSPS) is 35.6. The SMILES string of the molecule is Nc1cc2c(ncn2[C@@H]2OC3COP(=O)([O-])OC3[C@@H]2O)c(=O)[nH]1.[Na+]. The third kappa shape index (κ3) is 2.85. The Kier molecular flexibility index (Phi) is 4.67. The van der Waals surface area contributed by atoms with Crippen LogP contribution >= 0.6 is 7.82 Å². The maximum Gasteiger partial charge on any atom is 1.00 e. The smallest absolute Gasteiger partial charge is 0.756 e. The summed E-state index contributed by atoms with van der Waals surface area (Å²) in [6.07, 6.45) is -2.82. The van der Waals surface area contributed by atoms with Crippen LogP contribution in [0.2, 0.25) is 0 Å². The second kappa shape index (κ2) is 6.20. The van der Waals surface area contributed by atoms with Crippen LogP contribution < -0.4 is 45.7 Å². The number of hydrogen-bond donors (Lipinski definition) is 3. The maximum atomic E-state index is 11.8. The number of nitrogens with one attached hydrogen (secondary N) is 1. The molecule has 0 aliphatic carbocycles. The molecule has 0 amide bonds. The molecule has 2 aliphatic rings. The molecule has 2 aliphatic heterocycles. The van der Waals surface area contributed by atoms with E-state index in [-0.39, 0.29) is 47.5 Å². The van der Waals surface area contributed by atoms with Crippen molar-refractivity contribution < 1.29 is 57.9 Å². The minimum atomic E-state index is -4.45. The van der Waals surface area contributed by atoms with Crippen LogP contribution in [0.4, 0.5) is 5.82 Å². The van der Waals surface area contributed by atoms with Gasteiger partial charge in [-0.3, -0.25) is 9.36 Å². The Morgan fingerprint density at radius 2 is 2.29 bits per heavy atom. The van der Waals surface area contributed by atoms with Crippen molar-refractivity contribution in [3.63, 3.8) is 0 Å². The number of ether oxygens (including phenoxy) is 1. The third-order valence-corrected chi connectivity index (χ3v) is 4.80. The van der Waals surface area contributed by atoms with E-state index in [0.717, 1.165) is 0 Å². The molecule has 5 atom stereocenters. The van der Waals surface area contributed by atoms with Gasteiger partial charge in [-0.15, -0.1) is 0 Å². The van der Waals surface area contributed by atoms with Gasteiger partial charge in [0.05, 0.1) is 18.5 Å². The van der Waals surface area contributed by atoms with E-state index in [9.17, 15) is 19.4 Å². The van der Waals surface area contributed by atoms with Gasteiger partial charge < -0.3 is 39.1 Å². The number of aromatic nitrogens is 3. The Labute approximate surface area is 156 Å². The summed E-state index contributed by atoms with van der Waals surface area (Å²) in [6.45, 7) is -0.256. The number of fused-ring (bicyclic) bond motifs is 2. The van der Waals surface area contributed by atoms with E-state index in [4.69, 9.17) is 15.0 Å². The number of phosphoric acid groups is 1. The quantitative estimate of drug-likeness (QED) is 0.333. The van der Waals surface area contributed by atoms with Gasteiger partial charge in [-0.2, -0.15) is 0 Å². The zero-order valence-electron chi connectivity index (χ0n) is 12.5. The van der Waals surface area contributed by atoms with Crippen LogP contribution in [0, 0.1) is 0 Å². The first-order valence-electron chi connectivity index (χ1n) is 6.68. The molecule has 2 saturated heterocycles. The monoisotopic (exact) mass is 366 g/mol. The Morgan fingerprint density at radius 3 is 3.04 bits per heavy atom. The Bertz CT molecular complexity index is 885. The maximum absolute atomic E-state index is 11.8. The van der Waals surface area contributed by atoms with Gasteiger partial charge in [0.15, 0.2) is 11.7 Å². The van der Waals surface area contributed by atoms with Gasteiger partial charge in [0.2, 0.25) is 0 Å². The van der Waals surface area contributed by atoms with Crippen molar-refractivity contribution in [2.45, 2.75) is 24.5 Å². The van der Waals surface area contributed by atoms with Crippen molar-refractivity contribution in [2.24, 2.45) is 0 Å². The first-order valence-corrected chi connectivity index (χ1v) is 8.15. The molecule has 11 nitrogen and oxygen atoms in total. The van der Waals surface area contributed by atoms with Crippen LogP contribution in [0.5, 0.6) is 0 Å². The standard InChI is InChI=1S/C11H13N4O7P.Na/c12-6-1-4-7(10(17)14-6)13-3-15(4)11-8(16)9-5(21-11)2-20-23(18,19)22-9;/h1,3,5,8-9,11,16H,2H2,(H,18,19)(H3,12,14,17);/q;+1/p-1/t5?,8-,9?,11+;/m0./s1. The number of nitrogens with two attached hydrogens (primary N) is 1. The molecule has 124 valence electrons. The second-order valence-electron chi connectivity index (χ2n) is 5.31. The van der Waals surface area contributed by atoms with E-state index in [1.807, 2.05) is 0 Å². The minimum absolute atomic E-state index is 0. The summed E-state index contributed by atoms with van der Waals surface area (Å²) in [6, 6.07) is 1.47. The van der Waals surface area contributed by atoms with Crippen molar-refractivity contribution in [1.29, 1.82) is 0 Å². The van der Waals surface area contributed by atoms with Gasteiger partial charge in [-0.05, 0) is 0 Å². The van der Waals surface area contributed by atoms with Gasteiger partial charge in [-0.25, -0.2) is 4.98 Å². The van der Waals surface area contributed by atoms with Crippen LogP contribution in [0.25, 0.3) is 11.0 Å². The molecule has 4 heterocycles. The first kappa shape index (κ1) is 18.1. The van der Waals surface area contributed by atoms with Gasteiger partial charge in [0, 0.05) is 6.07 Å². The van der Waals surface area contributed by atoms with Gasteiger partial charge in [0.1, 0.15) is 24.1 Å². The Balaban J connectivity index is 0.00000169. The molecule has 4 rings (SSSR count). The van der Waals surface area contributed by atoms with Gasteiger partial charge in [0.25, 0.3) is 13.4 Å². The summed E-state index contributed by atoms with van der Waals surface area (Å²) < 4.78 is 27.7. The van der Waals surface area contributed by atoms with Crippen molar-refractivity contribution in [2.75, 3.05) is 12.3 Å². The summed E-state index contributed by atoms with van der Waals surface area (Å²) in [5.41, 5.74) is 5.61. The number of H-pyrrole nitrogens is 1. The van der Waals surface area contributed by atoms with E-state index >= 15 is 0 Å². The zero-order chi connectivity index (χ0) is 16.4. The summed E-state index contributed by atoms with van der Waals surface area (Å²) in [7, 11) is -4.45. The summed E-state index contributed by atoms with van der Waals surface area (Å²) in [5.74, 6) is 0.123. The molecule has 2 fully saturated rings. The van der Waals surface area contributed by atoms with Crippen molar-refractivity contribution in [3.8, 4) is 0 Å². The molecule has 0 saturated carbocycles. The van der Waals surface area contributed by atoms with E-state index in [0.29, 0.717) is 5.52 Å². The average molecular weight is 366 g/mol. The fraction of sp³-hybridized carbons (Fsp3) is 0.455. The van der Waals surface area contributed by atoms with Crippen LogP contribution in [-0.2, 0) is 18.3 Å². The molecule has 0 bridgehead atoms. The summed E-state index contributed by atoms with van der Waals surface area (Å²) >= 11 is 0. The fourth-order valence-electron chi connectivity index (χ4n) is 2.82. The van der Waals surface area contributed by atoms with E-state index in [1.165, 1.54) is 17.0 Å². The van der Waals surface area contributed by atoms with Gasteiger partial charge >= 0.3 is 29.6 Å². The number of nitrogen functional groups attached to an aromatic ring is 1. The molecule has 0 aromatic carbocycles. The summed E-state index contributed by atoms with van der Waals surface area (Å²) in [4.78, 5) is 29.6. The predicted octanol–water partition coefficient (Wildman–Crippen LogP) is -4.55. The number of hydrogen-bond acceptors (Lipinski definition) is 9. The number of imidazole rings is 1. The molecule has 4 N–H and O–H groups in total. The number of anilines is 1. The average Bonchev–Trinajstić information content (AvgIpc) is 3.00. The molecule has 3 unspecified atom stereocenters. The molecular formula is C11H12N4NaO7P. The van der Waals surface area contributed by atoms with Gasteiger partial charge in [-0.1, -0.05) is 0 Å². The van der Waals surface area contributed by atoms with E-state index in [1.54, 1.807) is 0 Å². The van der Waals surface area contributed by atoms with Crippen LogP contribution in [0.15, 0.2) is 17.2 Å². The molecule has 2 aromatic heterocycles. The Morgan fingerprint density at radius 1 is 1.54 bits per heavy atom. The van der Waals surface area contributed by atoms with Crippen LogP contribution in [0.3, 0.4) is 0 Å². The van der Waals surface area contributed by atoms with Crippen LogP contribution in [0.1, 0.15) is 6.23 Å². The molecule has 13 heteroatoms. The molecular weight excluding hydrogens is 354 g/mol. The number of aromatic amines is 1. The number of phosphoric ester groups is 1. The fourth-order valence-corrected chi connectivity index (χ4v) is 3.77. The number of aliphatic hydroxyl groups excluding tert-OH is 1. The molecule has 24 heavy (non-hydrogen) atoms.